The fourth-order valence-corrected chi connectivity index (χ4v) is 3.85. The average molecular weight is 364 g/mol. The number of benzene rings is 1. The van der Waals surface area contributed by atoms with Gasteiger partial charge in [0.2, 0.25) is 0 Å². The Morgan fingerprint density at radius 3 is 2.93 bits per heavy atom. The van der Waals surface area contributed by atoms with E-state index in [2.05, 4.69) is 22.1 Å². The third-order valence-electron chi connectivity index (χ3n) is 5.34. The third kappa shape index (κ3) is 3.45. The molecular weight excluding hydrogens is 340 g/mol. The van der Waals surface area contributed by atoms with E-state index in [9.17, 15) is 4.79 Å². The van der Waals surface area contributed by atoms with Gasteiger partial charge in [0.15, 0.2) is 0 Å². The van der Waals surface area contributed by atoms with Gasteiger partial charge in [-0.05, 0) is 44.5 Å². The maximum Gasteiger partial charge on any atom is 0.258 e. The van der Waals surface area contributed by atoms with Crippen LogP contribution in [0.25, 0.3) is 22.4 Å². The van der Waals surface area contributed by atoms with Crippen LogP contribution < -0.4 is 0 Å². The summed E-state index contributed by atoms with van der Waals surface area (Å²) in [6.07, 6.45) is 2.71. The third-order valence-corrected chi connectivity index (χ3v) is 5.34. The highest BCUT2D eigenvalue weighted by Gasteiger charge is 2.24. The summed E-state index contributed by atoms with van der Waals surface area (Å²) in [4.78, 5) is 21.3. The summed E-state index contributed by atoms with van der Waals surface area (Å²) in [5.41, 5.74) is 3.83. The van der Waals surface area contributed by atoms with Crippen molar-refractivity contribution >= 4 is 17.0 Å². The predicted molar refractivity (Wildman–Crippen MR) is 105 cm³/mol. The molecule has 6 nitrogen and oxygen atoms in total. The molecule has 0 bridgehead atoms. The van der Waals surface area contributed by atoms with Crippen LogP contribution in [0.3, 0.4) is 0 Å². The van der Waals surface area contributed by atoms with Crippen LogP contribution in [-0.4, -0.2) is 59.6 Å². The molecule has 1 aliphatic heterocycles. The van der Waals surface area contributed by atoms with Gasteiger partial charge >= 0.3 is 0 Å². The van der Waals surface area contributed by atoms with E-state index in [0.29, 0.717) is 17.2 Å². The molecule has 0 saturated carbocycles. The smallest absolute Gasteiger partial charge is 0.258 e. The Labute approximate surface area is 158 Å². The highest BCUT2D eigenvalue weighted by molar-refractivity contribution is 5.99. The quantitative estimate of drug-likeness (QED) is 0.711. The van der Waals surface area contributed by atoms with Gasteiger partial charge in [-0.3, -0.25) is 4.79 Å². The topological polar surface area (TPSA) is 62.5 Å². The van der Waals surface area contributed by atoms with Crippen molar-refractivity contribution in [2.75, 3.05) is 33.7 Å². The molecule has 1 atom stereocenters. The number of hydrogen-bond donors (Lipinski definition) is 0. The minimum Gasteiger partial charge on any atom is -0.341 e. The van der Waals surface area contributed by atoms with Crippen LogP contribution >= 0.6 is 0 Å². The Morgan fingerprint density at radius 2 is 2.19 bits per heavy atom. The molecule has 1 unspecified atom stereocenters. The maximum absolute atomic E-state index is 12.9. The van der Waals surface area contributed by atoms with Crippen molar-refractivity contribution in [3.63, 3.8) is 0 Å². The lowest BCUT2D eigenvalue weighted by Gasteiger charge is -2.21. The normalized spacial score (nSPS) is 17.5. The number of nitrogens with zero attached hydrogens (tertiary/aromatic N) is 4. The summed E-state index contributed by atoms with van der Waals surface area (Å²) < 4.78 is 5.38. The number of aromatic nitrogens is 2. The molecule has 3 heterocycles. The van der Waals surface area contributed by atoms with Crippen molar-refractivity contribution in [2.45, 2.75) is 13.3 Å². The molecule has 27 heavy (non-hydrogen) atoms. The molecule has 140 valence electrons. The van der Waals surface area contributed by atoms with Crippen molar-refractivity contribution in [1.82, 2.24) is 19.9 Å². The van der Waals surface area contributed by atoms with Crippen LogP contribution in [0.4, 0.5) is 0 Å². The average Bonchev–Trinajstić information content (AvgIpc) is 3.27. The summed E-state index contributed by atoms with van der Waals surface area (Å²) >= 11 is 0. The molecule has 0 aliphatic carbocycles. The summed E-state index contributed by atoms with van der Waals surface area (Å²) in [6.45, 7) is 4.93. The number of hydrogen-bond acceptors (Lipinski definition) is 5. The second-order valence-electron chi connectivity index (χ2n) is 7.53. The molecule has 2 aromatic heterocycles. The molecule has 6 heteroatoms. The first kappa shape index (κ1) is 17.7. The van der Waals surface area contributed by atoms with E-state index >= 15 is 0 Å². The number of likely N-dealkylation sites (tertiary alicyclic amines) is 1. The monoisotopic (exact) mass is 364 g/mol. The van der Waals surface area contributed by atoms with E-state index < -0.39 is 0 Å². The highest BCUT2D eigenvalue weighted by Crippen LogP contribution is 2.30. The van der Waals surface area contributed by atoms with Gasteiger partial charge < -0.3 is 14.3 Å². The van der Waals surface area contributed by atoms with Gasteiger partial charge in [-0.2, -0.15) is 0 Å². The minimum atomic E-state index is -0.0177. The number of pyridine rings is 1. The number of amides is 1. The fraction of sp³-hybridized carbons (Fsp3) is 0.381. The molecule has 1 aliphatic rings. The van der Waals surface area contributed by atoms with E-state index in [-0.39, 0.29) is 5.91 Å². The SMILES string of the molecule is Cc1ccccc1-c1noc2ncc(C(=O)N(C)CC3CCN(C)C3)cc12. The number of fused-ring (bicyclic) bond motifs is 1. The first-order valence-electron chi connectivity index (χ1n) is 9.28. The van der Waals surface area contributed by atoms with Crippen LogP contribution in [0.5, 0.6) is 0 Å². The highest BCUT2D eigenvalue weighted by atomic mass is 16.5. The van der Waals surface area contributed by atoms with Crippen molar-refractivity contribution in [1.29, 1.82) is 0 Å². The van der Waals surface area contributed by atoms with Crippen LogP contribution in [-0.2, 0) is 0 Å². The molecule has 3 aromatic rings. The number of carbonyl (C=O) groups is 1. The van der Waals surface area contributed by atoms with Crippen molar-refractivity contribution in [3.8, 4) is 11.3 Å². The Bertz CT molecular complexity index is 981. The lowest BCUT2D eigenvalue weighted by atomic mass is 10.0. The Morgan fingerprint density at radius 1 is 1.37 bits per heavy atom. The van der Waals surface area contributed by atoms with Gasteiger partial charge in [0, 0.05) is 31.9 Å². The van der Waals surface area contributed by atoms with Crippen molar-refractivity contribution < 1.29 is 9.32 Å². The van der Waals surface area contributed by atoms with Gasteiger partial charge in [-0.25, -0.2) is 4.98 Å². The van der Waals surface area contributed by atoms with Crippen LogP contribution in [0, 0.1) is 12.8 Å². The number of rotatable bonds is 4. The van der Waals surface area contributed by atoms with Crippen LogP contribution in [0.2, 0.25) is 0 Å². The molecule has 4 rings (SSSR count). The molecule has 1 amide bonds. The van der Waals surface area contributed by atoms with Crippen LogP contribution in [0.15, 0.2) is 41.1 Å². The van der Waals surface area contributed by atoms with E-state index in [4.69, 9.17) is 4.52 Å². The van der Waals surface area contributed by atoms with Gasteiger partial charge in [-0.15, -0.1) is 0 Å². The Balaban J connectivity index is 1.62. The van der Waals surface area contributed by atoms with Gasteiger partial charge in [0.25, 0.3) is 11.6 Å². The predicted octanol–water partition coefficient (Wildman–Crippen LogP) is 3.22. The first-order chi connectivity index (χ1) is 13.0. The number of aryl methyl sites for hydroxylation is 1. The van der Waals surface area contributed by atoms with E-state index in [1.54, 1.807) is 11.1 Å². The lowest BCUT2D eigenvalue weighted by Crippen LogP contribution is -2.32. The van der Waals surface area contributed by atoms with E-state index in [1.165, 1.54) is 0 Å². The largest absolute Gasteiger partial charge is 0.341 e. The van der Waals surface area contributed by atoms with Crippen molar-refractivity contribution in [3.05, 3.63) is 47.7 Å². The maximum atomic E-state index is 12.9. The zero-order valence-electron chi connectivity index (χ0n) is 16.0. The minimum absolute atomic E-state index is 0.0177. The summed E-state index contributed by atoms with van der Waals surface area (Å²) in [7, 11) is 3.99. The molecule has 0 radical (unpaired) electrons. The number of carbonyl (C=O) groups excluding carboxylic acids is 1. The molecule has 1 aromatic carbocycles. The Hall–Kier alpha value is -2.73. The molecule has 1 fully saturated rings. The molecule has 1 saturated heterocycles. The van der Waals surface area contributed by atoms with E-state index in [0.717, 1.165) is 48.3 Å². The second kappa shape index (κ2) is 7.12. The molecule has 0 spiro atoms. The second-order valence-corrected chi connectivity index (χ2v) is 7.53. The fourth-order valence-electron chi connectivity index (χ4n) is 3.85. The van der Waals surface area contributed by atoms with Crippen molar-refractivity contribution in [2.24, 2.45) is 5.92 Å². The molecule has 0 N–H and O–H groups in total. The zero-order chi connectivity index (χ0) is 19.0. The van der Waals surface area contributed by atoms with Crippen LogP contribution in [0.1, 0.15) is 22.3 Å². The lowest BCUT2D eigenvalue weighted by molar-refractivity contribution is 0.0774. The first-order valence-corrected chi connectivity index (χ1v) is 9.28. The summed E-state index contributed by atoms with van der Waals surface area (Å²) in [6, 6.07) is 9.84. The summed E-state index contributed by atoms with van der Waals surface area (Å²) in [5, 5.41) is 4.96. The Kier molecular flexibility index (Phi) is 4.66. The zero-order valence-corrected chi connectivity index (χ0v) is 16.0. The standard InChI is InChI=1S/C21H24N4O2/c1-14-6-4-5-7-17(14)19-18-10-16(11-22-20(18)27-23-19)21(26)25(3)13-15-8-9-24(2)12-15/h4-7,10-11,15H,8-9,12-13H2,1-3H3. The van der Waals surface area contributed by atoms with E-state index in [1.807, 2.05) is 44.3 Å². The van der Waals surface area contributed by atoms with Gasteiger partial charge in [-0.1, -0.05) is 29.4 Å². The molecular formula is C21H24N4O2. The van der Waals surface area contributed by atoms with Gasteiger partial charge in [0.05, 0.1) is 10.9 Å². The van der Waals surface area contributed by atoms with Gasteiger partial charge in [0.1, 0.15) is 5.69 Å². The summed E-state index contributed by atoms with van der Waals surface area (Å²) in [5.74, 6) is 0.509.